The van der Waals surface area contributed by atoms with E-state index in [1.807, 2.05) is 19.1 Å². The van der Waals surface area contributed by atoms with Gasteiger partial charge < -0.3 is 15.2 Å². The van der Waals surface area contributed by atoms with Crippen LogP contribution in [-0.2, 0) is 20.7 Å². The van der Waals surface area contributed by atoms with E-state index < -0.39 is 17.9 Å². The minimum atomic E-state index is -0.947. The molecule has 6 nitrogen and oxygen atoms in total. The van der Waals surface area contributed by atoms with Crippen LogP contribution < -0.4 is 5.32 Å². The molecule has 0 spiro atoms. The van der Waals surface area contributed by atoms with Crippen molar-refractivity contribution in [3.63, 3.8) is 0 Å². The highest BCUT2D eigenvalue weighted by atomic mass is 16.5. The second-order valence-electron chi connectivity index (χ2n) is 4.60. The Morgan fingerprint density at radius 3 is 3.00 bits per heavy atom. The highest BCUT2D eigenvalue weighted by Crippen LogP contribution is 2.14. The molecular formula is C13H16N2O4. The first kappa shape index (κ1) is 13.5. The van der Waals surface area contributed by atoms with Gasteiger partial charge in [-0.25, -0.2) is 0 Å². The summed E-state index contributed by atoms with van der Waals surface area (Å²) in [5, 5.41) is 11.7. The summed E-state index contributed by atoms with van der Waals surface area (Å²) >= 11 is 0. The molecule has 1 aromatic heterocycles. The zero-order valence-electron chi connectivity index (χ0n) is 10.6. The number of carboxylic acids is 1. The maximum absolute atomic E-state index is 11.9. The van der Waals surface area contributed by atoms with Crippen molar-refractivity contribution in [3.8, 4) is 0 Å². The number of carbonyl (C=O) groups excluding carboxylic acids is 1. The Morgan fingerprint density at radius 1 is 1.53 bits per heavy atom. The molecule has 1 aliphatic heterocycles. The summed E-state index contributed by atoms with van der Waals surface area (Å²) in [7, 11) is 0. The highest BCUT2D eigenvalue weighted by Gasteiger charge is 2.34. The van der Waals surface area contributed by atoms with Crippen molar-refractivity contribution in [2.24, 2.45) is 5.92 Å². The monoisotopic (exact) mass is 264 g/mol. The lowest BCUT2D eigenvalue weighted by Crippen LogP contribution is -2.43. The maximum atomic E-state index is 11.9. The van der Waals surface area contributed by atoms with Gasteiger partial charge >= 0.3 is 5.97 Å². The summed E-state index contributed by atoms with van der Waals surface area (Å²) in [6.45, 7) is 2.27. The largest absolute Gasteiger partial charge is 0.481 e. The molecule has 1 aliphatic rings. The third-order valence-corrected chi connectivity index (χ3v) is 3.19. The summed E-state index contributed by atoms with van der Waals surface area (Å²) in [6.07, 6.45) is 1.78. The number of hydrogen-bond donors (Lipinski definition) is 2. The van der Waals surface area contributed by atoms with Crippen molar-refractivity contribution in [2.45, 2.75) is 19.4 Å². The van der Waals surface area contributed by atoms with Crippen molar-refractivity contribution in [3.05, 3.63) is 29.6 Å². The van der Waals surface area contributed by atoms with Gasteiger partial charge in [0.15, 0.2) is 0 Å². The van der Waals surface area contributed by atoms with Crippen LogP contribution in [0.2, 0.25) is 0 Å². The average molecular weight is 264 g/mol. The molecule has 2 unspecified atom stereocenters. The Bertz CT molecular complexity index is 489. The van der Waals surface area contributed by atoms with E-state index >= 15 is 0 Å². The van der Waals surface area contributed by atoms with Crippen LogP contribution in [0.3, 0.4) is 0 Å². The molecule has 1 fully saturated rings. The molecule has 1 saturated heterocycles. The lowest BCUT2D eigenvalue weighted by Gasteiger charge is -2.15. The van der Waals surface area contributed by atoms with Crippen molar-refractivity contribution in [1.82, 2.24) is 10.3 Å². The number of hydrogen-bond acceptors (Lipinski definition) is 4. The fourth-order valence-electron chi connectivity index (χ4n) is 2.05. The molecule has 19 heavy (non-hydrogen) atoms. The van der Waals surface area contributed by atoms with Gasteiger partial charge in [0, 0.05) is 6.20 Å². The maximum Gasteiger partial charge on any atom is 0.311 e. The van der Waals surface area contributed by atoms with E-state index in [0.717, 1.165) is 5.56 Å². The second-order valence-corrected chi connectivity index (χ2v) is 4.60. The third kappa shape index (κ3) is 3.29. The minimum absolute atomic E-state index is 0.142. The number of carboxylic acid groups (broad SMARTS) is 1. The molecule has 0 bridgehead atoms. The third-order valence-electron chi connectivity index (χ3n) is 3.19. The van der Waals surface area contributed by atoms with Crippen molar-refractivity contribution >= 4 is 11.9 Å². The quantitative estimate of drug-likeness (QED) is 0.808. The number of amides is 1. The summed E-state index contributed by atoms with van der Waals surface area (Å²) in [5.41, 5.74) is 1.64. The van der Waals surface area contributed by atoms with E-state index in [-0.39, 0.29) is 25.5 Å². The van der Waals surface area contributed by atoms with Crippen molar-refractivity contribution < 1.29 is 19.4 Å². The van der Waals surface area contributed by atoms with Gasteiger partial charge in [0.05, 0.1) is 31.4 Å². The van der Waals surface area contributed by atoms with Crippen LogP contribution in [-0.4, -0.2) is 41.2 Å². The van der Waals surface area contributed by atoms with E-state index in [2.05, 4.69) is 10.3 Å². The summed E-state index contributed by atoms with van der Waals surface area (Å²) < 4.78 is 5.09. The number of pyridine rings is 1. The molecule has 2 rings (SSSR count). The zero-order valence-corrected chi connectivity index (χ0v) is 10.6. The summed E-state index contributed by atoms with van der Waals surface area (Å²) in [4.78, 5) is 27.0. The highest BCUT2D eigenvalue weighted by molar-refractivity contribution is 5.80. The van der Waals surface area contributed by atoms with Crippen LogP contribution in [0.25, 0.3) is 0 Å². The number of aliphatic carboxylic acids is 1. The second kappa shape index (κ2) is 5.79. The number of rotatable bonds is 4. The van der Waals surface area contributed by atoms with Gasteiger partial charge in [-0.15, -0.1) is 0 Å². The Morgan fingerprint density at radius 2 is 2.32 bits per heavy atom. The SMILES string of the molecule is Cc1cccnc1CC(=O)NC1COCC1C(=O)O. The first-order valence-corrected chi connectivity index (χ1v) is 6.08. The molecule has 102 valence electrons. The molecule has 0 aliphatic carbocycles. The lowest BCUT2D eigenvalue weighted by molar-refractivity contribution is -0.142. The normalized spacial score (nSPS) is 22.2. The number of nitrogens with one attached hydrogen (secondary N) is 1. The Kier molecular flexibility index (Phi) is 4.11. The molecular weight excluding hydrogens is 248 g/mol. The van der Waals surface area contributed by atoms with Gasteiger partial charge in [0.2, 0.25) is 5.91 Å². The predicted octanol–water partition coefficient (Wildman–Crippen LogP) is 0.148. The van der Waals surface area contributed by atoms with Gasteiger partial charge in [-0.05, 0) is 18.6 Å². The first-order chi connectivity index (χ1) is 9.08. The van der Waals surface area contributed by atoms with Gasteiger partial charge in [-0.1, -0.05) is 6.07 Å². The Labute approximate surface area is 110 Å². The fraction of sp³-hybridized carbons (Fsp3) is 0.462. The van der Waals surface area contributed by atoms with E-state index in [9.17, 15) is 9.59 Å². The Balaban J connectivity index is 1.95. The summed E-state index contributed by atoms with van der Waals surface area (Å²) in [6, 6.07) is 3.23. The zero-order chi connectivity index (χ0) is 13.8. The average Bonchev–Trinajstić information content (AvgIpc) is 2.80. The minimum Gasteiger partial charge on any atom is -0.481 e. The van der Waals surface area contributed by atoms with E-state index in [4.69, 9.17) is 9.84 Å². The van der Waals surface area contributed by atoms with Crippen molar-refractivity contribution in [2.75, 3.05) is 13.2 Å². The number of ether oxygens (including phenoxy) is 1. The first-order valence-electron chi connectivity index (χ1n) is 6.08. The number of aromatic nitrogens is 1. The van der Waals surface area contributed by atoms with Crippen molar-refractivity contribution in [1.29, 1.82) is 0 Å². The van der Waals surface area contributed by atoms with Crippen LogP contribution in [0.5, 0.6) is 0 Å². The molecule has 2 atom stereocenters. The summed E-state index contributed by atoms with van der Waals surface area (Å²) in [5.74, 6) is -1.85. The lowest BCUT2D eigenvalue weighted by atomic mass is 10.0. The number of nitrogens with zero attached hydrogens (tertiary/aromatic N) is 1. The molecule has 2 N–H and O–H groups in total. The Hall–Kier alpha value is -1.95. The van der Waals surface area contributed by atoms with E-state index in [1.54, 1.807) is 6.20 Å². The molecule has 2 heterocycles. The van der Waals surface area contributed by atoms with Gasteiger partial charge in [0.25, 0.3) is 0 Å². The molecule has 6 heteroatoms. The van der Waals surface area contributed by atoms with E-state index in [0.29, 0.717) is 5.69 Å². The molecule has 1 amide bonds. The van der Waals surface area contributed by atoms with Gasteiger partial charge in [-0.2, -0.15) is 0 Å². The van der Waals surface area contributed by atoms with Crippen LogP contribution in [0.4, 0.5) is 0 Å². The molecule has 0 radical (unpaired) electrons. The van der Waals surface area contributed by atoms with Gasteiger partial charge in [-0.3, -0.25) is 14.6 Å². The van der Waals surface area contributed by atoms with E-state index in [1.165, 1.54) is 0 Å². The topological polar surface area (TPSA) is 88.5 Å². The molecule has 0 aromatic carbocycles. The number of aryl methyl sites for hydroxylation is 1. The number of carbonyl (C=O) groups is 2. The smallest absolute Gasteiger partial charge is 0.311 e. The standard InChI is InChI=1S/C13H16N2O4/c1-8-3-2-4-14-10(8)5-12(16)15-11-7-19-6-9(11)13(17)18/h2-4,9,11H,5-7H2,1H3,(H,15,16)(H,17,18). The van der Waals surface area contributed by atoms with Crippen LogP contribution in [0, 0.1) is 12.8 Å². The van der Waals surface area contributed by atoms with Gasteiger partial charge in [0.1, 0.15) is 5.92 Å². The fourth-order valence-corrected chi connectivity index (χ4v) is 2.05. The van der Waals surface area contributed by atoms with Crippen LogP contribution >= 0.6 is 0 Å². The predicted molar refractivity (Wildman–Crippen MR) is 66.6 cm³/mol. The van der Waals surface area contributed by atoms with Crippen LogP contribution in [0.15, 0.2) is 18.3 Å². The van der Waals surface area contributed by atoms with Crippen LogP contribution in [0.1, 0.15) is 11.3 Å². The molecule has 0 saturated carbocycles. The molecule has 1 aromatic rings.